The number of hydrogen-bond donors (Lipinski definition) is 1. The van der Waals surface area contributed by atoms with Gasteiger partial charge in [-0.1, -0.05) is 87.3 Å². The topological polar surface area (TPSA) is 28.7 Å². The van der Waals surface area contributed by atoms with Gasteiger partial charge in [0, 0.05) is 11.6 Å². The zero-order valence-corrected chi connectivity index (χ0v) is 16.0. The fourth-order valence-corrected chi connectivity index (χ4v) is 3.75. The van der Waals surface area contributed by atoms with E-state index in [9.17, 15) is 0 Å². The quantitative estimate of drug-likeness (QED) is 0.445. The van der Waals surface area contributed by atoms with Gasteiger partial charge in [-0.15, -0.1) is 0 Å². The third-order valence-electron chi connectivity index (χ3n) is 5.16. The van der Waals surface area contributed by atoms with Crippen molar-refractivity contribution in [3.05, 3.63) is 83.2 Å². The largest absolute Gasteiger partial charge is 0.354 e. The van der Waals surface area contributed by atoms with E-state index >= 15 is 0 Å². The summed E-state index contributed by atoms with van der Waals surface area (Å²) >= 11 is 0. The fraction of sp³-hybridized carbons (Fsp3) is 0.348. The second kappa shape index (κ2) is 9.42. The molecule has 3 aromatic rings. The molecule has 0 amide bonds. The summed E-state index contributed by atoms with van der Waals surface area (Å²) in [6.07, 6.45) is 5.62. The third kappa shape index (κ3) is 4.66. The third-order valence-corrected chi connectivity index (χ3v) is 5.16. The lowest BCUT2D eigenvalue weighted by Crippen LogP contribution is -2.18. The van der Waals surface area contributed by atoms with E-state index in [1.807, 2.05) is 0 Å². The standard InChI is InChI=1S/C23H29BN2/c1-3-21-22(4-2)26-23(25-21)24-17-11-16-20(18-12-7-5-8-13-18)19-14-9-6-10-15-19/h5-10,12-15,20,24H,3-4,11,16-17H2,1-2H3,(H,25,26). The molecule has 0 radical (unpaired) electrons. The lowest BCUT2D eigenvalue weighted by atomic mass is 9.71. The summed E-state index contributed by atoms with van der Waals surface area (Å²) in [6.45, 7) is 4.38. The Labute approximate surface area is 158 Å². The molecule has 2 nitrogen and oxygen atoms in total. The van der Waals surface area contributed by atoms with Crippen molar-refractivity contribution in [3.63, 3.8) is 0 Å². The first-order chi connectivity index (χ1) is 12.8. The van der Waals surface area contributed by atoms with Gasteiger partial charge in [0.15, 0.2) is 0 Å². The Morgan fingerprint density at radius 2 is 1.50 bits per heavy atom. The van der Waals surface area contributed by atoms with Crippen LogP contribution in [0.5, 0.6) is 0 Å². The van der Waals surface area contributed by atoms with Gasteiger partial charge in [-0.2, -0.15) is 0 Å². The molecule has 0 fully saturated rings. The Balaban J connectivity index is 1.61. The molecule has 1 heterocycles. The smallest absolute Gasteiger partial charge is 0.204 e. The molecule has 0 aliphatic carbocycles. The predicted octanol–water partition coefficient (Wildman–Crippen LogP) is 4.63. The number of aromatic amines is 1. The van der Waals surface area contributed by atoms with Gasteiger partial charge in [-0.05, 0) is 30.4 Å². The molecule has 3 rings (SSSR count). The number of benzene rings is 2. The normalized spacial score (nSPS) is 11.0. The van der Waals surface area contributed by atoms with Crippen LogP contribution in [0.3, 0.4) is 0 Å². The minimum Gasteiger partial charge on any atom is -0.354 e. The molecule has 2 aromatic carbocycles. The Bertz CT molecular complexity index is 719. The van der Waals surface area contributed by atoms with Crippen LogP contribution < -0.4 is 5.72 Å². The molecule has 0 bridgehead atoms. The van der Waals surface area contributed by atoms with Crippen molar-refractivity contribution in [2.75, 3.05) is 0 Å². The maximum absolute atomic E-state index is 4.78. The lowest BCUT2D eigenvalue weighted by molar-refractivity contribution is 0.697. The van der Waals surface area contributed by atoms with Crippen LogP contribution in [0.1, 0.15) is 55.1 Å². The Hall–Kier alpha value is -2.29. The molecular formula is C23H29BN2. The van der Waals surface area contributed by atoms with Crippen molar-refractivity contribution >= 4 is 13.0 Å². The molecular weight excluding hydrogens is 315 g/mol. The minimum atomic E-state index is 0.478. The van der Waals surface area contributed by atoms with E-state index in [1.165, 1.54) is 41.7 Å². The number of hydrogen-bond acceptors (Lipinski definition) is 1. The summed E-state index contributed by atoms with van der Waals surface area (Å²) in [5, 5.41) is 0. The predicted molar refractivity (Wildman–Crippen MR) is 113 cm³/mol. The van der Waals surface area contributed by atoms with E-state index in [2.05, 4.69) is 79.5 Å². The molecule has 0 atom stereocenters. The van der Waals surface area contributed by atoms with Gasteiger partial charge >= 0.3 is 0 Å². The van der Waals surface area contributed by atoms with Gasteiger partial charge in [0.25, 0.3) is 0 Å². The first-order valence-corrected chi connectivity index (χ1v) is 9.98. The first kappa shape index (κ1) is 18.5. The molecule has 1 N–H and O–H groups in total. The second-order valence-electron chi connectivity index (χ2n) is 6.94. The number of H-pyrrole nitrogens is 1. The average molecular weight is 344 g/mol. The zero-order chi connectivity index (χ0) is 18.2. The van der Waals surface area contributed by atoms with Crippen LogP contribution >= 0.6 is 0 Å². The van der Waals surface area contributed by atoms with Crippen molar-refractivity contribution in [2.45, 2.75) is 51.8 Å². The van der Waals surface area contributed by atoms with Gasteiger partial charge in [0.2, 0.25) is 7.28 Å². The van der Waals surface area contributed by atoms with Crippen LogP contribution in [0, 0.1) is 0 Å². The summed E-state index contributed by atoms with van der Waals surface area (Å²) in [5.41, 5.74) is 6.55. The number of imidazole rings is 1. The average Bonchev–Trinajstić information content (AvgIpc) is 3.11. The highest BCUT2D eigenvalue weighted by molar-refractivity contribution is 6.51. The van der Waals surface area contributed by atoms with Crippen molar-refractivity contribution in [1.82, 2.24) is 9.97 Å². The summed E-state index contributed by atoms with van der Waals surface area (Å²) in [5.74, 6) is 0.478. The van der Waals surface area contributed by atoms with E-state index in [0.717, 1.165) is 25.8 Å². The maximum atomic E-state index is 4.78. The summed E-state index contributed by atoms with van der Waals surface area (Å²) in [6, 6.07) is 21.8. The second-order valence-corrected chi connectivity index (χ2v) is 6.94. The molecule has 1 aromatic heterocycles. The molecule has 0 saturated heterocycles. The minimum absolute atomic E-state index is 0.478. The van der Waals surface area contributed by atoms with E-state index in [1.54, 1.807) is 0 Å². The zero-order valence-electron chi connectivity index (χ0n) is 16.0. The number of aryl methyl sites for hydroxylation is 2. The molecule has 3 heteroatoms. The molecule has 0 unspecified atom stereocenters. The monoisotopic (exact) mass is 344 g/mol. The van der Waals surface area contributed by atoms with E-state index in [0.29, 0.717) is 5.92 Å². The number of rotatable bonds is 9. The van der Waals surface area contributed by atoms with Crippen LogP contribution in [0.25, 0.3) is 0 Å². The van der Waals surface area contributed by atoms with Gasteiger partial charge < -0.3 is 4.98 Å². The maximum Gasteiger partial charge on any atom is 0.204 e. The molecule has 26 heavy (non-hydrogen) atoms. The summed E-state index contributed by atoms with van der Waals surface area (Å²) < 4.78 is 0. The number of nitrogens with zero attached hydrogens (tertiary/aromatic N) is 1. The van der Waals surface area contributed by atoms with Crippen LogP contribution in [0.4, 0.5) is 0 Å². The van der Waals surface area contributed by atoms with E-state index in [-0.39, 0.29) is 0 Å². The summed E-state index contributed by atoms with van der Waals surface area (Å²) in [7, 11) is 1.04. The highest BCUT2D eigenvalue weighted by atomic mass is 14.9. The van der Waals surface area contributed by atoms with Gasteiger partial charge in [0.1, 0.15) is 0 Å². The van der Waals surface area contributed by atoms with Crippen LogP contribution in [-0.2, 0) is 12.8 Å². The van der Waals surface area contributed by atoms with Crippen molar-refractivity contribution < 1.29 is 0 Å². The SMILES string of the molecule is CCc1nc(BCCCC(c2ccccc2)c2ccccc2)[nH]c1CC. The van der Waals surface area contributed by atoms with Crippen LogP contribution in [0.2, 0.25) is 6.32 Å². The number of nitrogens with one attached hydrogen (secondary N) is 1. The van der Waals surface area contributed by atoms with Crippen LogP contribution in [0.15, 0.2) is 60.7 Å². The summed E-state index contributed by atoms with van der Waals surface area (Å²) in [4.78, 5) is 8.30. The van der Waals surface area contributed by atoms with E-state index < -0.39 is 0 Å². The molecule has 0 spiro atoms. The highest BCUT2D eigenvalue weighted by Gasteiger charge is 2.14. The van der Waals surface area contributed by atoms with Crippen molar-refractivity contribution in [3.8, 4) is 0 Å². The Morgan fingerprint density at radius 3 is 2.00 bits per heavy atom. The van der Waals surface area contributed by atoms with Gasteiger partial charge in [0.05, 0.1) is 11.4 Å². The Morgan fingerprint density at radius 1 is 0.885 bits per heavy atom. The molecule has 0 aliphatic heterocycles. The fourth-order valence-electron chi connectivity index (χ4n) is 3.75. The van der Waals surface area contributed by atoms with Gasteiger partial charge in [-0.25, -0.2) is 4.98 Å². The van der Waals surface area contributed by atoms with Crippen molar-refractivity contribution in [2.24, 2.45) is 0 Å². The molecule has 134 valence electrons. The Kier molecular flexibility index (Phi) is 6.71. The first-order valence-electron chi connectivity index (χ1n) is 9.98. The number of aromatic nitrogens is 2. The lowest BCUT2D eigenvalue weighted by Gasteiger charge is -2.18. The van der Waals surface area contributed by atoms with Gasteiger partial charge in [-0.3, -0.25) is 0 Å². The van der Waals surface area contributed by atoms with Crippen molar-refractivity contribution in [1.29, 1.82) is 0 Å². The highest BCUT2D eigenvalue weighted by Crippen LogP contribution is 2.29. The van der Waals surface area contributed by atoms with E-state index in [4.69, 9.17) is 4.98 Å². The van der Waals surface area contributed by atoms with Crippen LogP contribution in [-0.4, -0.2) is 17.2 Å². The molecule has 0 aliphatic rings. The molecule has 0 saturated carbocycles.